The quantitative estimate of drug-likeness (QED) is 0.166. The molecule has 1 unspecified atom stereocenters. The van der Waals surface area contributed by atoms with Crippen molar-refractivity contribution in [1.29, 1.82) is 0 Å². The van der Waals surface area contributed by atoms with Crippen LogP contribution >= 0.6 is 7.14 Å². The minimum Gasteiger partial charge on any atom is -0.371 e. The van der Waals surface area contributed by atoms with Crippen molar-refractivity contribution >= 4 is 23.5 Å². The molecule has 0 heterocycles. The van der Waals surface area contributed by atoms with Crippen LogP contribution in [-0.2, 0) is 22.3 Å². The Morgan fingerprint density at radius 2 is 1.18 bits per heavy atom. The highest BCUT2D eigenvalue weighted by Crippen LogP contribution is 2.53. The maximum atomic E-state index is 15.5. The smallest absolute Gasteiger partial charge is 0.248 e. The molecular formula is C40H55O4P. The van der Waals surface area contributed by atoms with Gasteiger partial charge >= 0.3 is 0 Å². The summed E-state index contributed by atoms with van der Waals surface area (Å²) in [5.41, 5.74) is 6.55. The molecule has 4 nitrogen and oxygen atoms in total. The van der Waals surface area contributed by atoms with Gasteiger partial charge in [0.25, 0.3) is 0 Å². The zero-order chi connectivity index (χ0) is 33.9. The summed E-state index contributed by atoms with van der Waals surface area (Å²) in [4.78, 5) is 29.8. The maximum absolute atomic E-state index is 15.5. The SMILES string of the molecule is CCC(C)(CC)Cc1c(C)c(COC(C)(CC)CC)c(C)c(C(=O)P(=O)(C(=O)c2c(C)cc(C)cc2C)c2ccccc2)c1C. The van der Waals surface area contributed by atoms with E-state index < -0.39 is 18.2 Å². The minimum atomic E-state index is -4.32. The molecule has 3 aromatic carbocycles. The zero-order valence-corrected chi connectivity index (χ0v) is 30.8. The average Bonchev–Trinajstić information content (AvgIpc) is 3.02. The molecule has 0 amide bonds. The first-order valence-corrected chi connectivity index (χ1v) is 18.3. The lowest BCUT2D eigenvalue weighted by molar-refractivity contribution is -0.0486. The predicted octanol–water partition coefficient (Wildman–Crippen LogP) is 10.7. The predicted molar refractivity (Wildman–Crippen MR) is 190 cm³/mol. The molecule has 0 radical (unpaired) electrons. The van der Waals surface area contributed by atoms with Crippen LogP contribution in [0.5, 0.6) is 0 Å². The van der Waals surface area contributed by atoms with Gasteiger partial charge in [-0.1, -0.05) is 95.5 Å². The fraction of sp³-hybridized carbons (Fsp3) is 0.500. The third-order valence-electron chi connectivity index (χ3n) is 10.7. The van der Waals surface area contributed by atoms with E-state index in [1.165, 1.54) is 0 Å². The first-order valence-electron chi connectivity index (χ1n) is 16.6. The van der Waals surface area contributed by atoms with Crippen LogP contribution in [0, 0.1) is 47.0 Å². The number of carbonyl (C=O) groups excluding carboxylic acids is 2. The van der Waals surface area contributed by atoms with Gasteiger partial charge in [0, 0.05) is 16.4 Å². The van der Waals surface area contributed by atoms with Crippen molar-refractivity contribution in [3.8, 4) is 0 Å². The van der Waals surface area contributed by atoms with Crippen molar-refractivity contribution in [3.05, 3.63) is 98.1 Å². The molecule has 0 aromatic heterocycles. The normalized spacial score (nSPS) is 13.5. The van der Waals surface area contributed by atoms with Gasteiger partial charge in [-0.25, -0.2) is 0 Å². The van der Waals surface area contributed by atoms with Gasteiger partial charge < -0.3 is 9.30 Å². The third kappa shape index (κ3) is 7.13. The topological polar surface area (TPSA) is 60.4 Å². The standard InChI is InChI=1S/C40H55O4P/c1-13-39(11,14-2)24-33-29(8)34(25-44-40(12,15-3)16-4)31(10)36(30(33)9)38(42)45(43,32-20-18-17-19-21-32)37(41)35-27(6)22-26(5)23-28(35)7/h17-23H,13-16,24-25H2,1-12H3. The molecule has 0 aliphatic rings. The Kier molecular flexibility index (Phi) is 11.7. The Bertz CT molecular complexity index is 1580. The Labute approximate surface area is 272 Å². The van der Waals surface area contributed by atoms with Crippen molar-refractivity contribution in [2.24, 2.45) is 5.41 Å². The van der Waals surface area contributed by atoms with Crippen molar-refractivity contribution < 1.29 is 18.9 Å². The molecule has 45 heavy (non-hydrogen) atoms. The van der Waals surface area contributed by atoms with Gasteiger partial charge in [0.15, 0.2) is 0 Å². The Morgan fingerprint density at radius 1 is 0.689 bits per heavy atom. The van der Waals surface area contributed by atoms with Crippen LogP contribution in [0.3, 0.4) is 0 Å². The zero-order valence-electron chi connectivity index (χ0n) is 29.9. The fourth-order valence-electron chi connectivity index (χ4n) is 6.55. The highest BCUT2D eigenvalue weighted by molar-refractivity contribution is 8.01. The molecular weight excluding hydrogens is 575 g/mol. The Balaban J connectivity index is 2.40. The molecule has 244 valence electrons. The number of hydrogen-bond acceptors (Lipinski definition) is 4. The molecule has 0 spiro atoms. The lowest BCUT2D eigenvalue weighted by Gasteiger charge is -2.32. The lowest BCUT2D eigenvalue weighted by Crippen LogP contribution is -2.28. The second-order valence-electron chi connectivity index (χ2n) is 13.7. The van der Waals surface area contributed by atoms with E-state index in [-0.39, 0.29) is 16.3 Å². The van der Waals surface area contributed by atoms with Gasteiger partial charge in [-0.2, -0.15) is 0 Å². The van der Waals surface area contributed by atoms with E-state index in [1.807, 2.05) is 52.8 Å². The molecule has 3 rings (SSSR count). The van der Waals surface area contributed by atoms with Crippen LogP contribution in [0.15, 0.2) is 42.5 Å². The summed E-state index contributed by atoms with van der Waals surface area (Å²) in [6.07, 6.45) is 4.49. The molecule has 0 saturated heterocycles. The van der Waals surface area contributed by atoms with Gasteiger partial charge in [-0.3, -0.25) is 9.59 Å². The highest BCUT2D eigenvalue weighted by Gasteiger charge is 2.45. The monoisotopic (exact) mass is 630 g/mol. The second-order valence-corrected chi connectivity index (χ2v) is 16.2. The Morgan fingerprint density at radius 3 is 1.67 bits per heavy atom. The molecule has 5 heteroatoms. The summed E-state index contributed by atoms with van der Waals surface area (Å²) in [6, 6.07) is 12.5. The minimum absolute atomic E-state index is 0.0274. The van der Waals surface area contributed by atoms with E-state index in [4.69, 9.17) is 4.74 Å². The summed E-state index contributed by atoms with van der Waals surface area (Å²) in [6.45, 7) is 25.2. The van der Waals surface area contributed by atoms with Crippen LogP contribution in [0.1, 0.15) is 132 Å². The summed E-state index contributed by atoms with van der Waals surface area (Å²) in [5, 5.41) is 0.273. The summed E-state index contributed by atoms with van der Waals surface area (Å²) >= 11 is 0. The highest BCUT2D eigenvalue weighted by atomic mass is 31.2. The number of benzene rings is 3. The van der Waals surface area contributed by atoms with Crippen LogP contribution in [0.25, 0.3) is 0 Å². The van der Waals surface area contributed by atoms with Crippen molar-refractivity contribution in [2.75, 3.05) is 0 Å². The number of aryl methyl sites for hydroxylation is 3. The van der Waals surface area contributed by atoms with E-state index in [0.717, 1.165) is 76.6 Å². The second kappa shape index (κ2) is 14.3. The molecule has 0 aliphatic heterocycles. The number of ether oxygens (including phenoxy) is 1. The van der Waals surface area contributed by atoms with Gasteiger partial charge in [0.2, 0.25) is 18.2 Å². The van der Waals surface area contributed by atoms with Gasteiger partial charge in [0.05, 0.1) is 12.2 Å². The Hall–Kier alpha value is -2.81. The van der Waals surface area contributed by atoms with Crippen LogP contribution in [-0.4, -0.2) is 16.6 Å². The molecule has 1 atom stereocenters. The largest absolute Gasteiger partial charge is 0.371 e. The van der Waals surface area contributed by atoms with Crippen molar-refractivity contribution in [2.45, 2.75) is 127 Å². The average molecular weight is 631 g/mol. The van der Waals surface area contributed by atoms with E-state index in [9.17, 15) is 4.79 Å². The molecule has 3 aromatic rings. The van der Waals surface area contributed by atoms with Crippen molar-refractivity contribution in [3.63, 3.8) is 0 Å². The molecule has 0 bridgehead atoms. The first kappa shape index (κ1) is 36.7. The summed E-state index contributed by atoms with van der Waals surface area (Å²) in [5.74, 6) is 0. The van der Waals surface area contributed by atoms with Gasteiger partial charge in [0.1, 0.15) is 0 Å². The van der Waals surface area contributed by atoms with Gasteiger partial charge in [-0.15, -0.1) is 0 Å². The molecule has 0 fully saturated rings. The van der Waals surface area contributed by atoms with Crippen LogP contribution in [0.4, 0.5) is 0 Å². The van der Waals surface area contributed by atoms with Crippen LogP contribution in [0.2, 0.25) is 0 Å². The van der Waals surface area contributed by atoms with Gasteiger partial charge in [-0.05, 0) is 112 Å². The maximum Gasteiger partial charge on any atom is 0.248 e. The van der Waals surface area contributed by atoms with E-state index in [0.29, 0.717) is 17.7 Å². The third-order valence-corrected chi connectivity index (χ3v) is 13.3. The van der Waals surface area contributed by atoms with Crippen molar-refractivity contribution in [1.82, 2.24) is 0 Å². The molecule has 0 saturated carbocycles. The van der Waals surface area contributed by atoms with E-state index in [2.05, 4.69) is 48.5 Å². The molecule has 0 N–H and O–H groups in total. The summed E-state index contributed by atoms with van der Waals surface area (Å²) < 4.78 is 22.1. The van der Waals surface area contributed by atoms with Crippen LogP contribution < -0.4 is 5.30 Å². The molecule has 0 aliphatic carbocycles. The first-order chi connectivity index (χ1) is 21.0. The fourth-order valence-corrected chi connectivity index (χ4v) is 9.12. The number of carbonyl (C=O) groups is 2. The van der Waals surface area contributed by atoms with E-state index in [1.54, 1.807) is 24.3 Å². The summed E-state index contributed by atoms with van der Waals surface area (Å²) in [7, 11) is -4.32. The van der Waals surface area contributed by atoms with E-state index >= 15 is 9.36 Å². The number of hydrogen-bond donors (Lipinski definition) is 0. The lowest BCUT2D eigenvalue weighted by atomic mass is 9.75. The number of rotatable bonds is 14.